The summed E-state index contributed by atoms with van der Waals surface area (Å²) in [5, 5.41) is 0. The Kier molecular flexibility index (Phi) is 3.79. The third-order valence-corrected chi connectivity index (χ3v) is 4.86. The molecule has 20 heavy (non-hydrogen) atoms. The summed E-state index contributed by atoms with van der Waals surface area (Å²) in [6, 6.07) is 10.8. The molecule has 0 bridgehead atoms. The van der Waals surface area contributed by atoms with Crippen LogP contribution in [0.2, 0.25) is 0 Å². The van der Waals surface area contributed by atoms with E-state index in [0.717, 1.165) is 38.6 Å². The van der Waals surface area contributed by atoms with E-state index in [1.165, 1.54) is 12.0 Å². The van der Waals surface area contributed by atoms with Crippen molar-refractivity contribution in [2.75, 3.05) is 6.54 Å². The lowest BCUT2D eigenvalue weighted by Gasteiger charge is -2.39. The smallest absolute Gasteiger partial charge is 0.224 e. The van der Waals surface area contributed by atoms with Crippen molar-refractivity contribution in [1.29, 1.82) is 0 Å². The van der Waals surface area contributed by atoms with Crippen molar-refractivity contribution in [2.45, 2.75) is 56.5 Å². The van der Waals surface area contributed by atoms with Gasteiger partial charge >= 0.3 is 0 Å². The highest BCUT2D eigenvalue weighted by molar-refractivity contribution is 5.78. The topological polar surface area (TPSA) is 46.3 Å². The van der Waals surface area contributed by atoms with Crippen LogP contribution in [0.4, 0.5) is 0 Å². The number of likely N-dealkylation sites (tertiary alicyclic amines) is 1. The molecule has 1 aromatic carbocycles. The molecule has 3 heteroatoms. The lowest BCUT2D eigenvalue weighted by molar-refractivity contribution is -0.134. The fourth-order valence-electron chi connectivity index (χ4n) is 3.47. The number of amides is 1. The van der Waals surface area contributed by atoms with Crippen LogP contribution in [-0.2, 0) is 11.2 Å². The van der Waals surface area contributed by atoms with Gasteiger partial charge in [0, 0.05) is 24.5 Å². The highest BCUT2D eigenvalue weighted by Gasteiger charge is 2.38. The van der Waals surface area contributed by atoms with Crippen molar-refractivity contribution in [2.24, 2.45) is 5.73 Å². The minimum atomic E-state index is -0.197. The number of nitrogens with zero attached hydrogens (tertiary/aromatic N) is 1. The monoisotopic (exact) mass is 272 g/mol. The van der Waals surface area contributed by atoms with Crippen molar-refractivity contribution >= 4 is 5.91 Å². The molecule has 1 atom stereocenters. The van der Waals surface area contributed by atoms with E-state index in [4.69, 9.17) is 5.73 Å². The first-order chi connectivity index (χ1) is 9.66. The molecule has 1 aliphatic carbocycles. The first-order valence-corrected chi connectivity index (χ1v) is 7.79. The van der Waals surface area contributed by atoms with Crippen molar-refractivity contribution in [3.8, 4) is 0 Å². The van der Waals surface area contributed by atoms with Gasteiger partial charge in [0.25, 0.3) is 0 Å². The van der Waals surface area contributed by atoms with E-state index in [9.17, 15) is 4.79 Å². The molecular formula is C17H24N2O. The molecule has 1 saturated carbocycles. The van der Waals surface area contributed by atoms with E-state index in [1.807, 2.05) is 6.07 Å². The molecule has 2 aliphatic rings. The molecule has 0 spiro atoms. The van der Waals surface area contributed by atoms with Gasteiger partial charge in [0.05, 0.1) is 0 Å². The van der Waals surface area contributed by atoms with Gasteiger partial charge in [-0.3, -0.25) is 4.79 Å². The van der Waals surface area contributed by atoms with Crippen LogP contribution in [0.5, 0.6) is 0 Å². The summed E-state index contributed by atoms with van der Waals surface area (Å²) >= 11 is 0. The Labute approximate surface area is 121 Å². The molecule has 0 radical (unpaired) electrons. The largest absolute Gasteiger partial charge is 0.339 e. The van der Waals surface area contributed by atoms with Gasteiger partial charge in [0.1, 0.15) is 0 Å². The molecule has 2 N–H and O–H groups in total. The van der Waals surface area contributed by atoms with Gasteiger partial charge in [0.15, 0.2) is 0 Å². The summed E-state index contributed by atoms with van der Waals surface area (Å²) in [5.74, 6) is 0.269. The summed E-state index contributed by atoms with van der Waals surface area (Å²) in [6.07, 6.45) is 6.96. The lowest BCUT2D eigenvalue weighted by Crippen LogP contribution is -2.51. The van der Waals surface area contributed by atoms with E-state index >= 15 is 0 Å². The van der Waals surface area contributed by atoms with E-state index in [0.29, 0.717) is 12.5 Å². The Bertz CT molecular complexity index is 467. The molecule has 1 aromatic rings. The number of carbonyl (C=O) groups is 1. The molecule has 3 rings (SSSR count). The molecule has 2 fully saturated rings. The second-order valence-corrected chi connectivity index (χ2v) is 6.47. The second-order valence-electron chi connectivity index (χ2n) is 6.47. The normalized spacial score (nSPS) is 24.4. The fourth-order valence-corrected chi connectivity index (χ4v) is 3.47. The molecule has 1 aliphatic heterocycles. The maximum Gasteiger partial charge on any atom is 0.224 e. The van der Waals surface area contributed by atoms with Gasteiger partial charge in [-0.15, -0.1) is 0 Å². The molecule has 0 aromatic heterocycles. The molecule has 1 unspecified atom stereocenters. The molecule has 1 amide bonds. The van der Waals surface area contributed by atoms with Crippen LogP contribution in [-0.4, -0.2) is 28.9 Å². The quantitative estimate of drug-likeness (QED) is 0.915. The number of carbonyl (C=O) groups excluding carboxylic acids is 1. The Balaban J connectivity index is 1.61. The standard InChI is InChI=1S/C17H24N2O/c18-17(9-5-10-17)13-16(20)19-11-4-8-15(19)12-14-6-2-1-3-7-14/h1-3,6-7,15H,4-5,8-13,18H2. The zero-order chi connectivity index (χ0) is 14.0. The lowest BCUT2D eigenvalue weighted by atomic mass is 9.75. The van der Waals surface area contributed by atoms with E-state index < -0.39 is 0 Å². The van der Waals surface area contributed by atoms with Gasteiger partial charge in [0.2, 0.25) is 5.91 Å². The maximum atomic E-state index is 12.5. The highest BCUT2D eigenvalue weighted by atomic mass is 16.2. The number of hydrogen-bond donors (Lipinski definition) is 1. The third kappa shape index (κ3) is 2.88. The number of benzene rings is 1. The first kappa shape index (κ1) is 13.6. The summed E-state index contributed by atoms with van der Waals surface area (Å²) in [6.45, 7) is 0.909. The van der Waals surface area contributed by atoms with Crippen molar-refractivity contribution in [3.05, 3.63) is 35.9 Å². The predicted molar refractivity (Wildman–Crippen MR) is 80.3 cm³/mol. The maximum absolute atomic E-state index is 12.5. The van der Waals surface area contributed by atoms with Crippen LogP contribution in [0.3, 0.4) is 0 Å². The van der Waals surface area contributed by atoms with Crippen LogP contribution in [0.25, 0.3) is 0 Å². The number of nitrogens with two attached hydrogens (primary N) is 1. The van der Waals surface area contributed by atoms with E-state index in [2.05, 4.69) is 29.2 Å². The minimum Gasteiger partial charge on any atom is -0.339 e. The van der Waals surface area contributed by atoms with Gasteiger partial charge in [-0.2, -0.15) is 0 Å². The van der Waals surface area contributed by atoms with Gasteiger partial charge in [-0.25, -0.2) is 0 Å². The molecule has 108 valence electrons. The number of rotatable bonds is 4. The predicted octanol–water partition coefficient (Wildman–Crippen LogP) is 2.49. The van der Waals surface area contributed by atoms with Crippen molar-refractivity contribution in [3.63, 3.8) is 0 Å². The Hall–Kier alpha value is -1.35. The molecule has 1 saturated heterocycles. The SMILES string of the molecule is NC1(CC(=O)N2CCCC2Cc2ccccc2)CCC1. The zero-order valence-corrected chi connectivity index (χ0v) is 12.1. The van der Waals surface area contributed by atoms with Crippen molar-refractivity contribution in [1.82, 2.24) is 4.90 Å². The zero-order valence-electron chi connectivity index (χ0n) is 12.1. The average molecular weight is 272 g/mol. The van der Waals surface area contributed by atoms with Crippen molar-refractivity contribution < 1.29 is 4.79 Å². The number of hydrogen-bond acceptors (Lipinski definition) is 2. The Morgan fingerprint density at radius 1 is 1.25 bits per heavy atom. The summed E-state index contributed by atoms with van der Waals surface area (Å²) in [5.41, 5.74) is 7.35. The van der Waals surface area contributed by atoms with Crippen LogP contribution < -0.4 is 5.73 Å². The third-order valence-electron chi connectivity index (χ3n) is 4.86. The average Bonchev–Trinajstić information content (AvgIpc) is 2.86. The van der Waals surface area contributed by atoms with Crippen LogP contribution >= 0.6 is 0 Å². The van der Waals surface area contributed by atoms with Crippen LogP contribution in [0.1, 0.15) is 44.1 Å². The summed E-state index contributed by atoms with van der Waals surface area (Å²) in [4.78, 5) is 14.6. The summed E-state index contributed by atoms with van der Waals surface area (Å²) in [7, 11) is 0. The minimum absolute atomic E-state index is 0.197. The molecule has 3 nitrogen and oxygen atoms in total. The van der Waals surface area contributed by atoms with Gasteiger partial charge in [-0.05, 0) is 44.1 Å². The van der Waals surface area contributed by atoms with Gasteiger partial charge < -0.3 is 10.6 Å². The summed E-state index contributed by atoms with van der Waals surface area (Å²) < 4.78 is 0. The molecular weight excluding hydrogens is 248 g/mol. The highest BCUT2D eigenvalue weighted by Crippen LogP contribution is 2.34. The Morgan fingerprint density at radius 2 is 2.00 bits per heavy atom. The fraction of sp³-hybridized carbons (Fsp3) is 0.588. The van der Waals surface area contributed by atoms with Crippen LogP contribution in [0.15, 0.2) is 30.3 Å². The Morgan fingerprint density at radius 3 is 2.65 bits per heavy atom. The van der Waals surface area contributed by atoms with Gasteiger partial charge in [-0.1, -0.05) is 30.3 Å². The second kappa shape index (κ2) is 5.57. The van der Waals surface area contributed by atoms with E-state index in [1.54, 1.807) is 0 Å². The molecule has 1 heterocycles. The van der Waals surface area contributed by atoms with E-state index in [-0.39, 0.29) is 11.4 Å². The first-order valence-electron chi connectivity index (χ1n) is 7.79. The van der Waals surface area contributed by atoms with Crippen LogP contribution in [0, 0.1) is 0 Å².